The van der Waals surface area contributed by atoms with Crippen molar-refractivity contribution in [3.63, 3.8) is 0 Å². The van der Waals surface area contributed by atoms with Crippen molar-refractivity contribution in [1.29, 1.82) is 5.26 Å². The average Bonchev–Trinajstić information content (AvgIpc) is 3.03. The van der Waals surface area contributed by atoms with Gasteiger partial charge in [0, 0.05) is 14.5 Å². The normalized spacial score (nSPS) is 11.0. The molecule has 24 heavy (non-hydrogen) atoms. The highest BCUT2D eigenvalue weighted by Crippen LogP contribution is 2.27. The Hall–Kier alpha value is -1.96. The van der Waals surface area contributed by atoms with Crippen molar-refractivity contribution < 1.29 is 8.42 Å². The summed E-state index contributed by atoms with van der Waals surface area (Å²) in [6.45, 7) is 0. The lowest BCUT2D eigenvalue weighted by molar-refractivity contribution is 0.601. The molecule has 0 fully saturated rings. The molecule has 3 aromatic rings. The van der Waals surface area contributed by atoms with E-state index in [9.17, 15) is 8.42 Å². The number of sulfonamides is 1. The molecule has 0 saturated heterocycles. The molecule has 0 saturated carbocycles. The van der Waals surface area contributed by atoms with Crippen molar-refractivity contribution >= 4 is 49.1 Å². The predicted molar refractivity (Wildman–Crippen MR) is 102 cm³/mol. The molecule has 3 rings (SSSR count). The first-order valence-electron chi connectivity index (χ1n) is 6.72. The summed E-state index contributed by atoms with van der Waals surface area (Å²) in [4.78, 5) is 4.36. The van der Waals surface area contributed by atoms with Gasteiger partial charge < -0.3 is 0 Å². The molecular formula is C16H10IN3O2S2. The smallest absolute Gasteiger partial charge is 0.255 e. The number of hydrogen-bond donors (Lipinski definition) is 1. The number of hydrogen-bond acceptors (Lipinski definition) is 5. The molecule has 0 atom stereocenters. The second-order valence-electron chi connectivity index (χ2n) is 4.79. The molecule has 5 nitrogen and oxygen atoms in total. The summed E-state index contributed by atoms with van der Waals surface area (Å²) in [7, 11) is -3.78. The molecule has 1 N–H and O–H groups in total. The van der Waals surface area contributed by atoms with Gasteiger partial charge >= 0.3 is 0 Å². The number of nitriles is 1. The third-order valence-electron chi connectivity index (χ3n) is 3.14. The molecule has 0 aliphatic carbocycles. The minimum absolute atomic E-state index is 0.0348. The van der Waals surface area contributed by atoms with Crippen molar-refractivity contribution in [2.75, 3.05) is 4.72 Å². The Morgan fingerprint density at radius 2 is 1.92 bits per heavy atom. The van der Waals surface area contributed by atoms with Gasteiger partial charge in [-0.05, 0) is 52.9 Å². The van der Waals surface area contributed by atoms with Crippen LogP contribution in [0.15, 0.2) is 58.8 Å². The second kappa shape index (κ2) is 6.88. The largest absolute Gasteiger partial charge is 0.263 e. The average molecular weight is 467 g/mol. The van der Waals surface area contributed by atoms with E-state index >= 15 is 0 Å². The van der Waals surface area contributed by atoms with Crippen molar-refractivity contribution in [2.24, 2.45) is 0 Å². The van der Waals surface area contributed by atoms with Crippen LogP contribution in [0, 0.1) is 14.9 Å². The van der Waals surface area contributed by atoms with E-state index in [0.29, 0.717) is 5.69 Å². The molecule has 0 bridgehead atoms. The SMILES string of the molecule is N#Cc1cccc(S(=O)(=O)Nc2nc(-c3ccc(I)cc3)cs2)c1. The Morgan fingerprint density at radius 3 is 2.62 bits per heavy atom. The zero-order valence-electron chi connectivity index (χ0n) is 12.1. The minimum Gasteiger partial charge on any atom is -0.255 e. The van der Waals surface area contributed by atoms with Crippen LogP contribution in [0.1, 0.15) is 5.56 Å². The van der Waals surface area contributed by atoms with E-state index in [1.165, 1.54) is 29.5 Å². The molecule has 0 amide bonds. The maximum atomic E-state index is 12.4. The lowest BCUT2D eigenvalue weighted by atomic mass is 10.2. The predicted octanol–water partition coefficient (Wildman–Crippen LogP) is 4.09. The lowest BCUT2D eigenvalue weighted by Gasteiger charge is -2.05. The van der Waals surface area contributed by atoms with Gasteiger partial charge in [-0.3, -0.25) is 4.72 Å². The topological polar surface area (TPSA) is 82.8 Å². The first kappa shape index (κ1) is 16.9. The number of nitrogens with zero attached hydrogens (tertiary/aromatic N) is 2. The van der Waals surface area contributed by atoms with Gasteiger partial charge in [0.1, 0.15) is 0 Å². The monoisotopic (exact) mass is 467 g/mol. The number of rotatable bonds is 4. The number of benzene rings is 2. The maximum absolute atomic E-state index is 12.4. The summed E-state index contributed by atoms with van der Waals surface area (Å²) in [6.07, 6.45) is 0. The number of aromatic nitrogens is 1. The molecule has 0 aliphatic rings. The van der Waals surface area contributed by atoms with E-state index in [4.69, 9.17) is 5.26 Å². The summed E-state index contributed by atoms with van der Waals surface area (Å²) in [6, 6.07) is 15.6. The molecule has 1 heterocycles. The Bertz CT molecular complexity index is 1020. The highest BCUT2D eigenvalue weighted by atomic mass is 127. The zero-order chi connectivity index (χ0) is 17.2. The van der Waals surface area contributed by atoms with Gasteiger partial charge in [-0.15, -0.1) is 11.3 Å². The van der Waals surface area contributed by atoms with Crippen molar-refractivity contribution in [1.82, 2.24) is 4.98 Å². The Morgan fingerprint density at radius 1 is 1.17 bits per heavy atom. The van der Waals surface area contributed by atoms with E-state index in [0.717, 1.165) is 9.13 Å². The zero-order valence-corrected chi connectivity index (χ0v) is 15.9. The fourth-order valence-corrected chi connectivity index (χ4v) is 4.36. The molecule has 1 aromatic heterocycles. The second-order valence-corrected chi connectivity index (χ2v) is 8.58. The molecule has 120 valence electrons. The summed E-state index contributed by atoms with van der Waals surface area (Å²) < 4.78 is 28.4. The van der Waals surface area contributed by atoms with Gasteiger partial charge in [0.2, 0.25) is 0 Å². The lowest BCUT2D eigenvalue weighted by Crippen LogP contribution is -2.12. The van der Waals surface area contributed by atoms with Gasteiger partial charge in [-0.2, -0.15) is 5.26 Å². The Kier molecular flexibility index (Phi) is 4.84. The molecule has 0 radical (unpaired) electrons. The van der Waals surface area contributed by atoms with Crippen LogP contribution in [-0.4, -0.2) is 13.4 Å². The van der Waals surface area contributed by atoms with Gasteiger partial charge in [-0.1, -0.05) is 18.2 Å². The van der Waals surface area contributed by atoms with Crippen LogP contribution in [0.5, 0.6) is 0 Å². The summed E-state index contributed by atoms with van der Waals surface area (Å²) in [5, 5.41) is 11.0. The standard InChI is InChI=1S/C16H10IN3O2S2/c17-13-6-4-12(5-7-13)15-10-23-16(19-15)20-24(21,22)14-3-1-2-11(8-14)9-18/h1-8,10H,(H,19,20). The van der Waals surface area contributed by atoms with Crippen LogP contribution in [0.25, 0.3) is 11.3 Å². The fourth-order valence-electron chi connectivity index (χ4n) is 1.98. The van der Waals surface area contributed by atoms with Crippen LogP contribution >= 0.6 is 33.9 Å². The Balaban J connectivity index is 1.86. The number of nitrogens with one attached hydrogen (secondary N) is 1. The number of halogens is 1. The fraction of sp³-hybridized carbons (Fsp3) is 0. The van der Waals surface area contributed by atoms with Crippen molar-refractivity contribution in [3.05, 3.63) is 63.0 Å². The molecule has 0 spiro atoms. The van der Waals surface area contributed by atoms with Gasteiger partial charge in [0.05, 0.1) is 22.2 Å². The van der Waals surface area contributed by atoms with Crippen LogP contribution in [-0.2, 0) is 10.0 Å². The summed E-state index contributed by atoms with van der Waals surface area (Å²) in [5.74, 6) is 0. The minimum atomic E-state index is -3.78. The van der Waals surface area contributed by atoms with Crippen LogP contribution in [0.3, 0.4) is 0 Å². The van der Waals surface area contributed by atoms with Gasteiger partial charge in [-0.25, -0.2) is 13.4 Å². The highest BCUT2D eigenvalue weighted by molar-refractivity contribution is 14.1. The number of thiazole rings is 1. The third kappa shape index (κ3) is 3.75. The van der Waals surface area contributed by atoms with E-state index in [1.54, 1.807) is 11.4 Å². The van der Waals surface area contributed by atoms with Crippen molar-refractivity contribution in [3.8, 4) is 17.3 Å². The Labute approximate surface area is 157 Å². The first-order chi connectivity index (χ1) is 11.5. The van der Waals surface area contributed by atoms with Crippen molar-refractivity contribution in [2.45, 2.75) is 4.90 Å². The molecule has 2 aromatic carbocycles. The maximum Gasteiger partial charge on any atom is 0.263 e. The van der Waals surface area contributed by atoms with Crippen LogP contribution in [0.2, 0.25) is 0 Å². The van der Waals surface area contributed by atoms with E-state index in [1.807, 2.05) is 30.3 Å². The highest BCUT2D eigenvalue weighted by Gasteiger charge is 2.17. The number of anilines is 1. The molecule has 0 aliphatic heterocycles. The third-order valence-corrected chi connectivity index (χ3v) is 6.08. The van der Waals surface area contributed by atoms with Crippen LogP contribution < -0.4 is 4.72 Å². The summed E-state index contributed by atoms with van der Waals surface area (Å²) >= 11 is 3.43. The first-order valence-corrected chi connectivity index (χ1v) is 10.2. The van der Waals surface area contributed by atoms with E-state index < -0.39 is 10.0 Å². The van der Waals surface area contributed by atoms with Gasteiger partial charge in [0.25, 0.3) is 10.0 Å². The van der Waals surface area contributed by atoms with E-state index in [-0.39, 0.29) is 15.6 Å². The molecule has 8 heteroatoms. The van der Waals surface area contributed by atoms with Gasteiger partial charge in [0.15, 0.2) is 5.13 Å². The van der Waals surface area contributed by atoms with Crippen LogP contribution in [0.4, 0.5) is 5.13 Å². The molecule has 0 unspecified atom stereocenters. The van der Waals surface area contributed by atoms with E-state index in [2.05, 4.69) is 32.3 Å². The summed E-state index contributed by atoms with van der Waals surface area (Å²) in [5.41, 5.74) is 1.92. The molecular weight excluding hydrogens is 457 g/mol. The quantitative estimate of drug-likeness (QED) is 0.587.